The number of amides is 3. The number of rotatable bonds is 2. The van der Waals surface area contributed by atoms with Crippen LogP contribution in [0.4, 0.5) is 24.5 Å². The number of fused-ring (bicyclic) bond motifs is 1. The van der Waals surface area contributed by atoms with Gasteiger partial charge in [0.05, 0.1) is 23.0 Å². The summed E-state index contributed by atoms with van der Waals surface area (Å²) in [6, 6.07) is 2.36. The first kappa shape index (κ1) is 20.1. The second kappa shape index (κ2) is 7.42. The Morgan fingerprint density at radius 3 is 2.36 bits per heavy atom. The SMILES string of the molecule is CC(=O)N1CCN([C@@H](C)C(=O)N2CC(=O)Nc3cc(C(F)(F)F)ccc32)CC1. The maximum Gasteiger partial charge on any atom is 0.416 e. The predicted octanol–water partition coefficient (Wildman–Crippen LogP) is 1.54. The van der Waals surface area contributed by atoms with E-state index in [1.54, 1.807) is 11.8 Å². The first-order valence-electron chi connectivity index (χ1n) is 8.90. The van der Waals surface area contributed by atoms with Crippen LogP contribution in [-0.4, -0.2) is 66.3 Å². The molecule has 0 spiro atoms. The van der Waals surface area contributed by atoms with E-state index in [1.807, 2.05) is 4.90 Å². The van der Waals surface area contributed by atoms with Gasteiger partial charge < -0.3 is 10.2 Å². The van der Waals surface area contributed by atoms with Gasteiger partial charge in [-0.3, -0.25) is 24.2 Å². The summed E-state index contributed by atoms with van der Waals surface area (Å²) in [7, 11) is 0. The van der Waals surface area contributed by atoms with Crippen LogP contribution >= 0.6 is 0 Å². The van der Waals surface area contributed by atoms with Gasteiger partial charge in [-0.25, -0.2) is 0 Å². The molecule has 2 aliphatic heterocycles. The highest BCUT2D eigenvalue weighted by molar-refractivity contribution is 6.11. The summed E-state index contributed by atoms with van der Waals surface area (Å²) in [5.74, 6) is -0.943. The Morgan fingerprint density at radius 2 is 1.79 bits per heavy atom. The third kappa shape index (κ3) is 3.96. The van der Waals surface area contributed by atoms with Gasteiger partial charge in [-0.05, 0) is 25.1 Å². The third-order valence-electron chi connectivity index (χ3n) is 5.12. The summed E-state index contributed by atoms with van der Waals surface area (Å²) < 4.78 is 38.8. The monoisotopic (exact) mass is 398 g/mol. The topological polar surface area (TPSA) is 73.0 Å². The number of hydrogen-bond acceptors (Lipinski definition) is 4. The molecule has 28 heavy (non-hydrogen) atoms. The standard InChI is InChI=1S/C18H21F3N4O3/c1-11(23-5-7-24(8-6-23)12(2)26)17(28)25-10-16(27)22-14-9-13(18(19,20)21)3-4-15(14)25/h3-4,9,11H,5-8,10H2,1-2H3,(H,22,27)/t11-/m0/s1. The maximum absolute atomic E-state index is 13.0. The lowest BCUT2D eigenvalue weighted by Gasteiger charge is -2.39. The molecule has 1 fully saturated rings. The number of nitrogens with one attached hydrogen (secondary N) is 1. The van der Waals surface area contributed by atoms with Gasteiger partial charge >= 0.3 is 6.18 Å². The first-order chi connectivity index (χ1) is 13.1. The Labute approximate surface area is 160 Å². The number of carbonyl (C=O) groups excluding carboxylic acids is 3. The molecule has 3 rings (SSSR count). The van der Waals surface area contributed by atoms with Crippen molar-refractivity contribution in [3.8, 4) is 0 Å². The third-order valence-corrected chi connectivity index (χ3v) is 5.12. The Hall–Kier alpha value is -2.62. The molecule has 0 bridgehead atoms. The molecule has 10 heteroatoms. The molecule has 0 saturated carbocycles. The van der Waals surface area contributed by atoms with Gasteiger partial charge in [0.1, 0.15) is 6.54 Å². The van der Waals surface area contributed by atoms with Crippen LogP contribution in [0.25, 0.3) is 0 Å². The number of halogens is 3. The predicted molar refractivity (Wildman–Crippen MR) is 95.7 cm³/mol. The Bertz CT molecular complexity index is 804. The molecular formula is C18H21F3N4O3. The second-order valence-electron chi connectivity index (χ2n) is 6.92. The Kier molecular flexibility index (Phi) is 5.33. The van der Waals surface area contributed by atoms with Crippen LogP contribution in [0, 0.1) is 0 Å². The maximum atomic E-state index is 13.0. The normalized spacial score (nSPS) is 19.1. The number of carbonyl (C=O) groups is 3. The zero-order valence-electron chi connectivity index (χ0n) is 15.5. The number of piperazine rings is 1. The van der Waals surface area contributed by atoms with Crippen molar-refractivity contribution < 1.29 is 27.6 Å². The molecule has 0 unspecified atom stereocenters. The second-order valence-corrected chi connectivity index (χ2v) is 6.92. The van der Waals surface area contributed by atoms with Crippen molar-refractivity contribution in [2.75, 3.05) is 42.9 Å². The van der Waals surface area contributed by atoms with Crippen LogP contribution in [0.3, 0.4) is 0 Å². The minimum Gasteiger partial charge on any atom is -0.340 e. The number of hydrogen-bond donors (Lipinski definition) is 1. The van der Waals surface area contributed by atoms with Crippen LogP contribution in [0.5, 0.6) is 0 Å². The first-order valence-corrected chi connectivity index (χ1v) is 8.90. The van der Waals surface area contributed by atoms with Crippen molar-refractivity contribution in [3.63, 3.8) is 0 Å². The quantitative estimate of drug-likeness (QED) is 0.821. The van der Waals surface area contributed by atoms with Crippen LogP contribution in [0.2, 0.25) is 0 Å². The Balaban J connectivity index is 1.79. The van der Waals surface area contributed by atoms with E-state index >= 15 is 0 Å². The van der Waals surface area contributed by atoms with Gasteiger partial charge in [0.15, 0.2) is 0 Å². The fourth-order valence-electron chi connectivity index (χ4n) is 3.47. The van der Waals surface area contributed by atoms with E-state index in [1.165, 1.54) is 17.9 Å². The molecule has 1 N–H and O–H groups in total. The highest BCUT2D eigenvalue weighted by Crippen LogP contribution is 2.37. The number of benzene rings is 1. The molecule has 2 heterocycles. The smallest absolute Gasteiger partial charge is 0.340 e. The molecule has 1 aromatic rings. The van der Waals surface area contributed by atoms with Crippen molar-refractivity contribution in [1.82, 2.24) is 9.80 Å². The molecule has 152 valence electrons. The minimum atomic E-state index is -4.55. The van der Waals surface area contributed by atoms with Gasteiger partial charge in [0.2, 0.25) is 17.7 Å². The van der Waals surface area contributed by atoms with Crippen molar-refractivity contribution in [1.29, 1.82) is 0 Å². The van der Waals surface area contributed by atoms with Gasteiger partial charge in [0.25, 0.3) is 0 Å². The lowest BCUT2D eigenvalue weighted by Crippen LogP contribution is -2.56. The van der Waals surface area contributed by atoms with E-state index in [2.05, 4.69) is 5.32 Å². The van der Waals surface area contributed by atoms with E-state index in [-0.39, 0.29) is 29.7 Å². The largest absolute Gasteiger partial charge is 0.416 e. The van der Waals surface area contributed by atoms with Gasteiger partial charge in [-0.15, -0.1) is 0 Å². The fraction of sp³-hybridized carbons (Fsp3) is 0.500. The van der Waals surface area contributed by atoms with E-state index in [4.69, 9.17) is 0 Å². The lowest BCUT2D eigenvalue weighted by atomic mass is 10.1. The van der Waals surface area contributed by atoms with Gasteiger partial charge in [-0.2, -0.15) is 13.2 Å². The molecule has 1 atom stereocenters. The van der Waals surface area contributed by atoms with Crippen LogP contribution < -0.4 is 10.2 Å². The zero-order chi connectivity index (χ0) is 20.6. The summed E-state index contributed by atoms with van der Waals surface area (Å²) in [5.41, 5.74) is -0.686. The number of nitrogens with zero attached hydrogens (tertiary/aromatic N) is 3. The summed E-state index contributed by atoms with van der Waals surface area (Å²) in [6.45, 7) is 4.94. The highest BCUT2D eigenvalue weighted by Gasteiger charge is 2.36. The van der Waals surface area contributed by atoms with Crippen molar-refractivity contribution in [3.05, 3.63) is 23.8 Å². The van der Waals surface area contributed by atoms with Crippen molar-refractivity contribution >= 4 is 29.1 Å². The summed E-state index contributed by atoms with van der Waals surface area (Å²) in [5, 5.41) is 2.40. The molecule has 0 radical (unpaired) electrons. The van der Waals surface area contributed by atoms with Crippen molar-refractivity contribution in [2.45, 2.75) is 26.1 Å². The molecule has 0 aromatic heterocycles. The van der Waals surface area contributed by atoms with E-state index < -0.39 is 23.7 Å². The number of alkyl halides is 3. The molecule has 1 aromatic carbocycles. The van der Waals surface area contributed by atoms with Gasteiger partial charge in [-0.1, -0.05) is 0 Å². The molecule has 1 saturated heterocycles. The lowest BCUT2D eigenvalue weighted by molar-refractivity contribution is -0.137. The molecule has 3 amide bonds. The van der Waals surface area contributed by atoms with E-state index in [0.29, 0.717) is 26.2 Å². The van der Waals surface area contributed by atoms with Crippen LogP contribution in [-0.2, 0) is 20.6 Å². The Morgan fingerprint density at radius 1 is 1.14 bits per heavy atom. The highest BCUT2D eigenvalue weighted by atomic mass is 19.4. The molecule has 7 nitrogen and oxygen atoms in total. The number of anilines is 2. The van der Waals surface area contributed by atoms with E-state index in [0.717, 1.165) is 12.1 Å². The minimum absolute atomic E-state index is 0.0271. The molecule has 0 aliphatic carbocycles. The zero-order valence-corrected chi connectivity index (χ0v) is 15.5. The average Bonchev–Trinajstić information content (AvgIpc) is 2.65. The van der Waals surface area contributed by atoms with Crippen LogP contribution in [0.1, 0.15) is 19.4 Å². The average molecular weight is 398 g/mol. The van der Waals surface area contributed by atoms with Gasteiger partial charge in [0, 0.05) is 33.1 Å². The summed E-state index contributed by atoms with van der Waals surface area (Å²) in [4.78, 5) is 41.2. The fourth-order valence-corrected chi connectivity index (χ4v) is 3.47. The molecule has 2 aliphatic rings. The molecular weight excluding hydrogens is 377 g/mol. The summed E-state index contributed by atoms with van der Waals surface area (Å²) in [6.07, 6.45) is -4.55. The van der Waals surface area contributed by atoms with Crippen LogP contribution in [0.15, 0.2) is 18.2 Å². The van der Waals surface area contributed by atoms with Crippen molar-refractivity contribution in [2.24, 2.45) is 0 Å². The summed E-state index contributed by atoms with van der Waals surface area (Å²) >= 11 is 0. The van der Waals surface area contributed by atoms with E-state index in [9.17, 15) is 27.6 Å².